The Morgan fingerprint density at radius 1 is 1.39 bits per heavy atom. The van der Waals surface area contributed by atoms with E-state index in [1.807, 2.05) is 17.0 Å². The van der Waals surface area contributed by atoms with E-state index in [-0.39, 0.29) is 12.0 Å². The highest BCUT2D eigenvalue weighted by Crippen LogP contribution is 2.32. The number of fused-ring (bicyclic) bond motifs is 1. The molecule has 2 aliphatic rings. The molecule has 2 aliphatic heterocycles. The van der Waals surface area contributed by atoms with Crippen LogP contribution in [-0.2, 0) is 16.0 Å². The Balaban J connectivity index is 1.49. The molecule has 1 saturated heterocycles. The molecule has 1 aromatic rings. The fraction of sp³-hybridized carbons (Fsp3) is 0.588. The van der Waals surface area contributed by atoms with E-state index in [1.165, 1.54) is 0 Å². The van der Waals surface area contributed by atoms with Crippen LogP contribution >= 0.6 is 11.6 Å². The molecule has 1 unspecified atom stereocenters. The van der Waals surface area contributed by atoms with Crippen LogP contribution in [0, 0.1) is 0 Å². The number of hydrogen-bond donors (Lipinski definition) is 1. The van der Waals surface area contributed by atoms with Crippen molar-refractivity contribution in [2.75, 3.05) is 26.2 Å². The van der Waals surface area contributed by atoms with Crippen molar-refractivity contribution in [3.8, 4) is 5.75 Å². The van der Waals surface area contributed by atoms with Gasteiger partial charge in [0.05, 0.1) is 6.10 Å². The number of likely N-dealkylation sites (tertiary alicyclic amines) is 1. The second-order valence-corrected chi connectivity index (χ2v) is 6.54. The molecule has 0 aromatic heterocycles. The Morgan fingerprint density at radius 3 is 2.91 bits per heavy atom. The summed E-state index contributed by atoms with van der Waals surface area (Å²) >= 11 is 5.99. The monoisotopic (exact) mass is 338 g/mol. The van der Waals surface area contributed by atoms with Gasteiger partial charge in [-0.1, -0.05) is 11.6 Å². The number of amides is 1. The Morgan fingerprint density at radius 2 is 2.17 bits per heavy atom. The first kappa shape index (κ1) is 16.6. The molecule has 2 heterocycles. The lowest BCUT2D eigenvalue weighted by Crippen LogP contribution is -2.46. The highest BCUT2D eigenvalue weighted by atomic mass is 35.5. The molecule has 0 saturated carbocycles. The fourth-order valence-electron chi connectivity index (χ4n) is 3.13. The Labute approximate surface area is 141 Å². The van der Waals surface area contributed by atoms with Crippen molar-refractivity contribution in [3.63, 3.8) is 0 Å². The van der Waals surface area contributed by atoms with E-state index in [9.17, 15) is 4.79 Å². The zero-order valence-electron chi connectivity index (χ0n) is 13.2. The zero-order valence-corrected chi connectivity index (χ0v) is 13.9. The van der Waals surface area contributed by atoms with Crippen molar-refractivity contribution in [1.29, 1.82) is 0 Å². The van der Waals surface area contributed by atoms with Gasteiger partial charge in [0.25, 0.3) is 5.91 Å². The van der Waals surface area contributed by atoms with Gasteiger partial charge in [0.2, 0.25) is 0 Å². The SMILES string of the molecule is NCCCOC1CCN(C(=O)C2Cc3cc(Cl)ccc3O2)CC1. The van der Waals surface area contributed by atoms with Gasteiger partial charge in [-0.15, -0.1) is 0 Å². The molecule has 5 nitrogen and oxygen atoms in total. The van der Waals surface area contributed by atoms with Gasteiger partial charge >= 0.3 is 0 Å². The van der Waals surface area contributed by atoms with Crippen LogP contribution in [0.1, 0.15) is 24.8 Å². The smallest absolute Gasteiger partial charge is 0.263 e. The van der Waals surface area contributed by atoms with E-state index >= 15 is 0 Å². The lowest BCUT2D eigenvalue weighted by atomic mass is 10.1. The Bertz CT molecular complexity index is 559. The number of ether oxygens (including phenoxy) is 2. The molecule has 6 heteroatoms. The largest absolute Gasteiger partial charge is 0.480 e. The van der Waals surface area contributed by atoms with Gasteiger partial charge < -0.3 is 20.1 Å². The highest BCUT2D eigenvalue weighted by molar-refractivity contribution is 6.30. The Hall–Kier alpha value is -1.30. The van der Waals surface area contributed by atoms with Crippen LogP contribution < -0.4 is 10.5 Å². The minimum Gasteiger partial charge on any atom is -0.480 e. The van der Waals surface area contributed by atoms with Crippen LogP contribution in [0.4, 0.5) is 0 Å². The van der Waals surface area contributed by atoms with E-state index < -0.39 is 6.10 Å². The maximum absolute atomic E-state index is 12.6. The van der Waals surface area contributed by atoms with Crippen LogP contribution in [0.25, 0.3) is 0 Å². The molecule has 1 atom stereocenters. The first-order valence-corrected chi connectivity index (χ1v) is 8.60. The number of nitrogens with two attached hydrogens (primary N) is 1. The average molecular weight is 339 g/mol. The Kier molecular flexibility index (Phi) is 5.41. The third-order valence-corrected chi connectivity index (χ3v) is 4.66. The van der Waals surface area contributed by atoms with Crippen LogP contribution in [-0.4, -0.2) is 49.3 Å². The molecular weight excluding hydrogens is 316 g/mol. The summed E-state index contributed by atoms with van der Waals surface area (Å²) in [5, 5.41) is 0.677. The number of carbonyl (C=O) groups excluding carboxylic acids is 1. The van der Waals surface area contributed by atoms with Gasteiger partial charge in [-0.3, -0.25) is 4.79 Å². The number of piperidine rings is 1. The molecule has 126 valence electrons. The van der Waals surface area contributed by atoms with Crippen molar-refractivity contribution in [3.05, 3.63) is 28.8 Å². The van der Waals surface area contributed by atoms with Crippen molar-refractivity contribution in [1.82, 2.24) is 4.90 Å². The summed E-state index contributed by atoms with van der Waals surface area (Å²) in [6.07, 6.45) is 3.06. The number of benzene rings is 1. The molecule has 1 fully saturated rings. The molecule has 0 radical (unpaired) electrons. The van der Waals surface area contributed by atoms with Crippen molar-refractivity contribution >= 4 is 17.5 Å². The van der Waals surface area contributed by atoms with Crippen molar-refractivity contribution in [2.24, 2.45) is 5.73 Å². The van der Waals surface area contributed by atoms with Gasteiger partial charge in [0.1, 0.15) is 5.75 Å². The third kappa shape index (κ3) is 3.97. The maximum atomic E-state index is 12.6. The van der Waals surface area contributed by atoms with E-state index in [1.54, 1.807) is 6.07 Å². The molecule has 2 N–H and O–H groups in total. The number of carbonyl (C=O) groups is 1. The highest BCUT2D eigenvalue weighted by Gasteiger charge is 2.34. The number of nitrogens with zero attached hydrogens (tertiary/aromatic N) is 1. The standard InChI is InChI=1S/C17H23ClN2O3/c18-13-2-3-15-12(10-13)11-16(23-15)17(21)20-7-4-14(5-8-20)22-9-1-6-19/h2-3,10,14,16H,1,4-9,11,19H2. The quantitative estimate of drug-likeness (QED) is 0.834. The molecule has 0 bridgehead atoms. The van der Waals surface area contributed by atoms with Gasteiger partial charge in [-0.2, -0.15) is 0 Å². The third-order valence-electron chi connectivity index (χ3n) is 4.43. The molecule has 0 spiro atoms. The second kappa shape index (κ2) is 7.51. The summed E-state index contributed by atoms with van der Waals surface area (Å²) < 4.78 is 11.6. The van der Waals surface area contributed by atoms with Crippen LogP contribution in [0.3, 0.4) is 0 Å². The van der Waals surface area contributed by atoms with Crippen LogP contribution in [0.5, 0.6) is 5.75 Å². The summed E-state index contributed by atoms with van der Waals surface area (Å²) in [7, 11) is 0. The lowest BCUT2D eigenvalue weighted by molar-refractivity contribution is -0.140. The second-order valence-electron chi connectivity index (χ2n) is 6.10. The molecule has 3 rings (SSSR count). The summed E-state index contributed by atoms with van der Waals surface area (Å²) in [5.74, 6) is 0.838. The van der Waals surface area contributed by atoms with E-state index in [0.717, 1.165) is 43.7 Å². The minimum absolute atomic E-state index is 0.0673. The zero-order chi connectivity index (χ0) is 16.2. The predicted octanol–water partition coefficient (Wildman–Crippen LogP) is 2.00. The maximum Gasteiger partial charge on any atom is 0.263 e. The topological polar surface area (TPSA) is 64.8 Å². The average Bonchev–Trinajstić information content (AvgIpc) is 2.98. The molecule has 1 aromatic carbocycles. The van der Waals surface area contributed by atoms with Crippen LogP contribution in [0.15, 0.2) is 18.2 Å². The first-order chi connectivity index (χ1) is 11.2. The number of halogens is 1. The molecule has 23 heavy (non-hydrogen) atoms. The summed E-state index contributed by atoms with van der Waals surface area (Å²) in [6, 6.07) is 5.50. The summed E-state index contributed by atoms with van der Waals surface area (Å²) in [6.45, 7) is 2.81. The van der Waals surface area contributed by atoms with Gasteiger partial charge in [-0.25, -0.2) is 0 Å². The number of rotatable bonds is 5. The van der Waals surface area contributed by atoms with E-state index in [2.05, 4.69) is 0 Å². The predicted molar refractivity (Wildman–Crippen MR) is 88.8 cm³/mol. The first-order valence-electron chi connectivity index (χ1n) is 8.23. The van der Waals surface area contributed by atoms with Crippen LogP contribution in [0.2, 0.25) is 5.02 Å². The minimum atomic E-state index is -0.418. The number of hydrogen-bond acceptors (Lipinski definition) is 4. The van der Waals surface area contributed by atoms with Gasteiger partial charge in [0, 0.05) is 31.1 Å². The van der Waals surface area contributed by atoms with E-state index in [0.29, 0.717) is 24.6 Å². The summed E-state index contributed by atoms with van der Waals surface area (Å²) in [4.78, 5) is 14.5. The lowest BCUT2D eigenvalue weighted by Gasteiger charge is -2.33. The van der Waals surface area contributed by atoms with Gasteiger partial charge in [-0.05, 0) is 49.6 Å². The summed E-state index contributed by atoms with van der Waals surface area (Å²) in [5.41, 5.74) is 6.48. The van der Waals surface area contributed by atoms with Crippen molar-refractivity contribution in [2.45, 2.75) is 37.9 Å². The van der Waals surface area contributed by atoms with Gasteiger partial charge in [0.15, 0.2) is 6.10 Å². The van der Waals surface area contributed by atoms with E-state index in [4.69, 9.17) is 26.8 Å². The molecule has 0 aliphatic carbocycles. The molecule has 1 amide bonds. The molecular formula is C17H23ClN2O3. The fourth-order valence-corrected chi connectivity index (χ4v) is 3.33. The normalized spacial score (nSPS) is 21.1. The van der Waals surface area contributed by atoms with Crippen molar-refractivity contribution < 1.29 is 14.3 Å².